The molecule has 3 heterocycles. The summed E-state index contributed by atoms with van der Waals surface area (Å²) < 4.78 is 1.34. The third-order valence-corrected chi connectivity index (χ3v) is 5.05. The first-order valence-electron chi connectivity index (χ1n) is 8.67. The Morgan fingerprint density at radius 2 is 2.12 bits per heavy atom. The number of fused-ring (bicyclic) bond motifs is 1. The van der Waals surface area contributed by atoms with Crippen LogP contribution < -0.4 is 11.1 Å². The van der Waals surface area contributed by atoms with Crippen LogP contribution in [0.1, 0.15) is 42.1 Å². The Morgan fingerprint density at radius 1 is 1.29 bits per heavy atom. The second kappa shape index (κ2) is 6.28. The molecule has 0 spiro atoms. The Morgan fingerprint density at radius 3 is 2.92 bits per heavy atom. The molecule has 0 saturated carbocycles. The number of aromatic nitrogens is 2. The Kier molecular flexibility index (Phi) is 3.98. The summed E-state index contributed by atoms with van der Waals surface area (Å²) in [5, 5.41) is 7.84. The number of carbonyl (C=O) groups is 1. The zero-order chi connectivity index (χ0) is 16.5. The lowest BCUT2D eigenvalue weighted by atomic mass is 9.95. The summed E-state index contributed by atoms with van der Waals surface area (Å²) in [6.45, 7) is 2.82. The number of nitrogens with one attached hydrogen (secondary N) is 1. The molecule has 2 aromatic rings. The minimum atomic E-state index is -0.516. The van der Waals surface area contributed by atoms with Crippen LogP contribution in [0.2, 0.25) is 0 Å². The van der Waals surface area contributed by atoms with Gasteiger partial charge in [-0.25, -0.2) is 4.79 Å². The van der Waals surface area contributed by atoms with E-state index in [2.05, 4.69) is 39.6 Å². The number of carbonyl (C=O) groups excluding carboxylic acids is 1. The number of nitrogens with zero attached hydrogens (tertiary/aromatic N) is 3. The van der Waals surface area contributed by atoms with Crippen molar-refractivity contribution in [2.45, 2.75) is 38.3 Å². The summed E-state index contributed by atoms with van der Waals surface area (Å²) in [4.78, 5) is 14.2. The predicted molar refractivity (Wildman–Crippen MR) is 92.8 cm³/mol. The highest BCUT2D eigenvalue weighted by molar-refractivity contribution is 5.79. The lowest BCUT2D eigenvalue weighted by Gasteiger charge is -2.35. The molecular formula is C18H23N5O. The lowest BCUT2D eigenvalue weighted by Crippen LogP contribution is -2.34. The van der Waals surface area contributed by atoms with Gasteiger partial charge in [-0.1, -0.05) is 36.8 Å². The van der Waals surface area contributed by atoms with E-state index in [0.717, 1.165) is 44.0 Å². The molecule has 1 aromatic carbocycles. The smallest absolute Gasteiger partial charge is 0.341 e. The minimum Gasteiger partial charge on any atom is -0.369 e. The quantitative estimate of drug-likeness (QED) is 0.909. The van der Waals surface area contributed by atoms with Gasteiger partial charge in [0.2, 0.25) is 0 Å². The average Bonchev–Trinajstić information content (AvgIpc) is 3.18. The molecule has 2 aliphatic heterocycles. The molecule has 6 nitrogen and oxygen atoms in total. The Labute approximate surface area is 141 Å². The predicted octanol–water partition coefficient (Wildman–Crippen LogP) is 2.51. The molecule has 1 unspecified atom stereocenters. The zero-order valence-electron chi connectivity index (χ0n) is 13.7. The van der Waals surface area contributed by atoms with Gasteiger partial charge in [-0.2, -0.15) is 9.78 Å². The number of hydrogen-bond donors (Lipinski definition) is 2. The molecule has 1 aromatic heterocycles. The van der Waals surface area contributed by atoms with Gasteiger partial charge >= 0.3 is 6.03 Å². The van der Waals surface area contributed by atoms with Crippen molar-refractivity contribution in [3.05, 3.63) is 47.2 Å². The van der Waals surface area contributed by atoms with Crippen LogP contribution in [-0.4, -0.2) is 33.8 Å². The van der Waals surface area contributed by atoms with E-state index in [1.807, 2.05) is 6.07 Å². The summed E-state index contributed by atoms with van der Waals surface area (Å²) in [7, 11) is 0. The van der Waals surface area contributed by atoms with Gasteiger partial charge in [-0.15, -0.1) is 0 Å². The third-order valence-electron chi connectivity index (χ3n) is 5.05. The fourth-order valence-electron chi connectivity index (χ4n) is 3.94. The molecule has 4 rings (SSSR count). The van der Waals surface area contributed by atoms with Crippen LogP contribution in [0, 0.1) is 0 Å². The van der Waals surface area contributed by atoms with E-state index in [-0.39, 0.29) is 6.04 Å². The maximum Gasteiger partial charge on any atom is 0.341 e. The number of nitrogens with two attached hydrogens (primary N) is 1. The minimum absolute atomic E-state index is 0.258. The number of piperidine rings is 1. The summed E-state index contributed by atoms with van der Waals surface area (Å²) in [5.41, 5.74) is 9.01. The third kappa shape index (κ3) is 2.67. The molecular weight excluding hydrogens is 302 g/mol. The number of amides is 1. The normalized spacial score (nSPS) is 20.6. The highest BCUT2D eigenvalue weighted by Gasteiger charge is 2.33. The van der Waals surface area contributed by atoms with Crippen LogP contribution in [-0.2, 0) is 13.0 Å². The summed E-state index contributed by atoms with van der Waals surface area (Å²) in [5.74, 6) is 0.794. The van der Waals surface area contributed by atoms with Crippen molar-refractivity contribution >= 4 is 11.8 Å². The van der Waals surface area contributed by atoms with Gasteiger partial charge in [0.25, 0.3) is 0 Å². The van der Waals surface area contributed by atoms with E-state index in [1.54, 1.807) is 0 Å². The van der Waals surface area contributed by atoms with Crippen molar-refractivity contribution in [2.75, 3.05) is 18.4 Å². The van der Waals surface area contributed by atoms with E-state index in [1.165, 1.54) is 28.7 Å². The molecule has 0 radical (unpaired) electrons. The van der Waals surface area contributed by atoms with Crippen molar-refractivity contribution in [3.63, 3.8) is 0 Å². The van der Waals surface area contributed by atoms with Gasteiger partial charge in [0.05, 0.1) is 11.7 Å². The standard InChI is InChI=1S/C18H23N5O/c19-18(24)23-17-14(9-10-20-17)16(21-23)15-8-4-5-11-22(15)12-13-6-2-1-3-7-13/h1-3,6-7,15,20H,4-5,8-12H2,(H2,19,24). The number of rotatable bonds is 3. The van der Waals surface area contributed by atoms with Crippen LogP contribution in [0.5, 0.6) is 0 Å². The fraction of sp³-hybridized carbons (Fsp3) is 0.444. The van der Waals surface area contributed by atoms with Crippen LogP contribution in [0.15, 0.2) is 30.3 Å². The molecule has 1 fully saturated rings. The fourth-order valence-corrected chi connectivity index (χ4v) is 3.94. The molecule has 126 valence electrons. The van der Waals surface area contributed by atoms with Crippen LogP contribution in [0.25, 0.3) is 0 Å². The summed E-state index contributed by atoms with van der Waals surface area (Å²) in [6, 6.07) is 10.3. The van der Waals surface area contributed by atoms with E-state index in [9.17, 15) is 4.79 Å². The molecule has 24 heavy (non-hydrogen) atoms. The van der Waals surface area contributed by atoms with Gasteiger partial charge in [0, 0.05) is 18.7 Å². The van der Waals surface area contributed by atoms with Crippen LogP contribution in [0.4, 0.5) is 10.6 Å². The van der Waals surface area contributed by atoms with Gasteiger partial charge in [0.1, 0.15) is 5.82 Å². The Balaban J connectivity index is 1.66. The number of anilines is 1. The number of likely N-dealkylation sites (tertiary alicyclic amines) is 1. The van der Waals surface area contributed by atoms with Crippen molar-refractivity contribution in [1.82, 2.24) is 14.7 Å². The zero-order valence-corrected chi connectivity index (χ0v) is 13.7. The molecule has 3 N–H and O–H groups in total. The van der Waals surface area contributed by atoms with Crippen molar-refractivity contribution in [3.8, 4) is 0 Å². The largest absolute Gasteiger partial charge is 0.369 e. The first-order chi connectivity index (χ1) is 11.7. The number of hydrogen-bond acceptors (Lipinski definition) is 4. The first-order valence-corrected chi connectivity index (χ1v) is 8.67. The van der Waals surface area contributed by atoms with Crippen molar-refractivity contribution in [2.24, 2.45) is 5.73 Å². The van der Waals surface area contributed by atoms with Crippen molar-refractivity contribution < 1.29 is 4.79 Å². The molecule has 1 saturated heterocycles. The SMILES string of the molecule is NC(=O)n1nc(C2CCCCN2Cc2ccccc2)c2c1NCC2. The Hall–Kier alpha value is -2.34. The van der Waals surface area contributed by atoms with E-state index < -0.39 is 6.03 Å². The monoisotopic (exact) mass is 325 g/mol. The second-order valence-electron chi connectivity index (χ2n) is 6.61. The number of primary amides is 1. The summed E-state index contributed by atoms with van der Waals surface area (Å²) >= 11 is 0. The van der Waals surface area contributed by atoms with Crippen LogP contribution >= 0.6 is 0 Å². The molecule has 1 atom stereocenters. The molecule has 0 aliphatic carbocycles. The number of benzene rings is 1. The highest BCUT2D eigenvalue weighted by atomic mass is 16.2. The highest BCUT2D eigenvalue weighted by Crippen LogP contribution is 2.37. The Bertz CT molecular complexity index is 739. The second-order valence-corrected chi connectivity index (χ2v) is 6.61. The molecule has 2 aliphatic rings. The average molecular weight is 325 g/mol. The van der Waals surface area contributed by atoms with Gasteiger partial charge in [0.15, 0.2) is 0 Å². The van der Waals surface area contributed by atoms with Gasteiger partial charge in [-0.05, 0) is 31.4 Å². The topological polar surface area (TPSA) is 76.2 Å². The first kappa shape index (κ1) is 15.2. The lowest BCUT2D eigenvalue weighted by molar-refractivity contribution is 0.136. The summed E-state index contributed by atoms with van der Waals surface area (Å²) in [6.07, 6.45) is 4.39. The maximum absolute atomic E-state index is 11.7. The molecule has 6 heteroatoms. The van der Waals surface area contributed by atoms with Gasteiger partial charge < -0.3 is 11.1 Å². The van der Waals surface area contributed by atoms with Gasteiger partial charge in [-0.3, -0.25) is 4.90 Å². The van der Waals surface area contributed by atoms with E-state index in [0.29, 0.717) is 0 Å². The molecule has 0 bridgehead atoms. The van der Waals surface area contributed by atoms with Crippen molar-refractivity contribution in [1.29, 1.82) is 0 Å². The van der Waals surface area contributed by atoms with E-state index in [4.69, 9.17) is 5.73 Å². The van der Waals surface area contributed by atoms with Crippen LogP contribution in [0.3, 0.4) is 0 Å². The van der Waals surface area contributed by atoms with E-state index >= 15 is 0 Å². The molecule has 1 amide bonds. The maximum atomic E-state index is 11.7.